The van der Waals surface area contributed by atoms with Gasteiger partial charge in [0.2, 0.25) is 0 Å². The molecule has 3 rings (SSSR count). The van der Waals surface area contributed by atoms with Crippen LogP contribution in [0.2, 0.25) is 0 Å². The molecule has 1 unspecified atom stereocenters. The second-order valence-electron chi connectivity index (χ2n) is 5.54. The minimum atomic E-state index is -4.63. The van der Waals surface area contributed by atoms with E-state index in [1.165, 1.54) is 0 Å². The van der Waals surface area contributed by atoms with Crippen molar-refractivity contribution >= 4 is 11.6 Å². The number of nitrogens with zero attached hydrogens (tertiary/aromatic N) is 4. The van der Waals surface area contributed by atoms with Gasteiger partial charge >= 0.3 is 6.18 Å². The highest BCUT2D eigenvalue weighted by molar-refractivity contribution is 5.48. The molecule has 0 bridgehead atoms. The van der Waals surface area contributed by atoms with Crippen LogP contribution in [0.4, 0.5) is 19.0 Å². The predicted octanol–water partition coefficient (Wildman–Crippen LogP) is 3.63. The molecule has 2 heterocycles. The predicted molar refractivity (Wildman–Crippen MR) is 85.6 cm³/mol. The number of anilines is 1. The van der Waals surface area contributed by atoms with Gasteiger partial charge in [-0.25, -0.2) is 4.98 Å². The van der Waals surface area contributed by atoms with Gasteiger partial charge in [0, 0.05) is 17.3 Å². The number of rotatable bonds is 4. The molecular weight excluding hydrogens is 335 g/mol. The van der Waals surface area contributed by atoms with Gasteiger partial charge in [-0.15, -0.1) is 5.10 Å². The molecule has 1 aromatic carbocycles. The van der Waals surface area contributed by atoms with Crippen molar-refractivity contribution < 1.29 is 17.9 Å². The van der Waals surface area contributed by atoms with Crippen LogP contribution in [-0.2, 0) is 6.18 Å². The molecule has 0 aliphatic carbocycles. The molecule has 1 atom stereocenters. The normalized spacial score (nSPS) is 13.0. The number of methoxy groups -OCH3 is 1. The van der Waals surface area contributed by atoms with Crippen molar-refractivity contribution in [1.29, 1.82) is 0 Å². The number of ether oxygens (including phenoxy) is 1. The first-order valence-corrected chi connectivity index (χ1v) is 7.50. The molecule has 2 aromatic heterocycles. The minimum Gasteiger partial charge on any atom is -0.496 e. The highest BCUT2D eigenvalue weighted by Crippen LogP contribution is 2.29. The summed E-state index contributed by atoms with van der Waals surface area (Å²) in [5, 5.41) is 6.69. The lowest BCUT2D eigenvalue weighted by molar-refractivity contribution is -0.144. The van der Waals surface area contributed by atoms with Gasteiger partial charge < -0.3 is 10.1 Å². The van der Waals surface area contributed by atoms with Crippen molar-refractivity contribution in [3.63, 3.8) is 0 Å². The third-order valence-electron chi connectivity index (χ3n) is 3.66. The fourth-order valence-corrected chi connectivity index (χ4v) is 2.53. The fraction of sp³-hybridized carbons (Fsp3) is 0.312. The first-order chi connectivity index (χ1) is 11.8. The molecule has 0 saturated heterocycles. The Kier molecular flexibility index (Phi) is 4.23. The Balaban J connectivity index is 2.02. The van der Waals surface area contributed by atoms with Gasteiger partial charge in [0.05, 0.1) is 13.2 Å². The van der Waals surface area contributed by atoms with Gasteiger partial charge in [0.1, 0.15) is 11.6 Å². The Bertz CT molecular complexity index is 906. The van der Waals surface area contributed by atoms with Crippen LogP contribution in [0.1, 0.15) is 30.0 Å². The molecule has 0 radical (unpaired) electrons. The minimum absolute atomic E-state index is 0.109. The molecule has 0 amide bonds. The van der Waals surface area contributed by atoms with Crippen molar-refractivity contribution in [3.05, 3.63) is 47.4 Å². The smallest absolute Gasteiger partial charge is 0.453 e. The number of hydrogen-bond acceptors (Lipinski definition) is 5. The van der Waals surface area contributed by atoms with E-state index in [0.29, 0.717) is 17.3 Å². The van der Waals surface area contributed by atoms with E-state index in [2.05, 4.69) is 20.4 Å². The maximum Gasteiger partial charge on any atom is 0.453 e. The summed E-state index contributed by atoms with van der Waals surface area (Å²) in [4.78, 5) is 7.48. The lowest BCUT2D eigenvalue weighted by Gasteiger charge is -2.18. The summed E-state index contributed by atoms with van der Waals surface area (Å²) in [7, 11) is 1.56. The quantitative estimate of drug-likeness (QED) is 0.778. The third-order valence-corrected chi connectivity index (χ3v) is 3.66. The van der Waals surface area contributed by atoms with Crippen LogP contribution in [0, 0.1) is 6.92 Å². The zero-order valence-electron chi connectivity index (χ0n) is 13.8. The molecule has 6 nitrogen and oxygen atoms in total. The average Bonchev–Trinajstić information content (AvgIpc) is 2.99. The van der Waals surface area contributed by atoms with Crippen LogP contribution in [0.25, 0.3) is 5.78 Å². The number of aryl methyl sites for hydroxylation is 1. The van der Waals surface area contributed by atoms with Gasteiger partial charge in [-0.1, -0.05) is 18.2 Å². The van der Waals surface area contributed by atoms with E-state index in [9.17, 15) is 13.2 Å². The summed E-state index contributed by atoms with van der Waals surface area (Å²) >= 11 is 0. The van der Waals surface area contributed by atoms with Crippen LogP contribution in [0.3, 0.4) is 0 Å². The van der Waals surface area contributed by atoms with E-state index in [1.54, 1.807) is 20.1 Å². The largest absolute Gasteiger partial charge is 0.496 e. The molecular formula is C16H16F3N5O. The Morgan fingerprint density at radius 1 is 1.20 bits per heavy atom. The van der Waals surface area contributed by atoms with Crippen molar-refractivity contribution in [2.75, 3.05) is 12.4 Å². The molecule has 9 heteroatoms. The van der Waals surface area contributed by atoms with Crippen molar-refractivity contribution in [1.82, 2.24) is 19.6 Å². The lowest BCUT2D eigenvalue weighted by Crippen LogP contribution is -2.13. The molecule has 132 valence electrons. The summed E-state index contributed by atoms with van der Waals surface area (Å²) in [6, 6.07) is 8.79. The summed E-state index contributed by atoms with van der Waals surface area (Å²) in [6.07, 6.45) is -4.63. The number of para-hydroxylation sites is 1. The van der Waals surface area contributed by atoms with E-state index in [-0.39, 0.29) is 11.8 Å². The number of halogens is 3. The number of aromatic nitrogens is 4. The standard InChI is InChI=1S/C16H16F3N5O/c1-9-8-13(21-10(2)11-6-4-5-7-12(11)25-3)24-15(20-9)22-14(23-24)16(17,18)19/h4-8,10,21H,1-3H3. The SMILES string of the molecule is COc1ccccc1C(C)Nc1cc(C)nc2nc(C(F)(F)F)nn12. The monoisotopic (exact) mass is 351 g/mol. The van der Waals surface area contributed by atoms with Crippen LogP contribution in [-0.4, -0.2) is 26.7 Å². The third kappa shape index (κ3) is 3.35. The molecule has 3 aromatic rings. The second kappa shape index (κ2) is 6.23. The highest BCUT2D eigenvalue weighted by Gasteiger charge is 2.37. The van der Waals surface area contributed by atoms with Gasteiger partial charge in [0.15, 0.2) is 0 Å². The Morgan fingerprint density at radius 3 is 2.60 bits per heavy atom. The van der Waals surface area contributed by atoms with Crippen LogP contribution < -0.4 is 10.1 Å². The number of benzene rings is 1. The van der Waals surface area contributed by atoms with Gasteiger partial charge in [-0.2, -0.15) is 22.7 Å². The molecule has 0 aliphatic heterocycles. The highest BCUT2D eigenvalue weighted by atomic mass is 19.4. The van der Waals surface area contributed by atoms with Crippen molar-refractivity contribution in [2.45, 2.75) is 26.1 Å². The molecule has 0 aliphatic rings. The molecule has 0 fully saturated rings. The molecule has 25 heavy (non-hydrogen) atoms. The topological polar surface area (TPSA) is 64.3 Å². The van der Waals surface area contributed by atoms with E-state index in [1.807, 2.05) is 31.2 Å². The lowest BCUT2D eigenvalue weighted by atomic mass is 10.1. The summed E-state index contributed by atoms with van der Waals surface area (Å²) < 4.78 is 45.0. The molecule has 1 N–H and O–H groups in total. The number of fused-ring (bicyclic) bond motifs is 1. The molecule has 0 spiro atoms. The average molecular weight is 351 g/mol. The van der Waals surface area contributed by atoms with Gasteiger partial charge in [-0.3, -0.25) is 0 Å². The summed E-state index contributed by atoms with van der Waals surface area (Å²) in [6.45, 7) is 3.56. The van der Waals surface area contributed by atoms with E-state index >= 15 is 0 Å². The Hall–Kier alpha value is -2.84. The summed E-state index contributed by atoms with van der Waals surface area (Å²) in [5.74, 6) is -0.288. The van der Waals surface area contributed by atoms with Crippen molar-refractivity contribution in [2.24, 2.45) is 0 Å². The Morgan fingerprint density at radius 2 is 1.92 bits per heavy atom. The first kappa shape index (κ1) is 17.0. The van der Waals surface area contributed by atoms with Crippen LogP contribution >= 0.6 is 0 Å². The van der Waals surface area contributed by atoms with E-state index < -0.39 is 12.0 Å². The van der Waals surface area contributed by atoms with Crippen molar-refractivity contribution in [3.8, 4) is 5.75 Å². The van der Waals surface area contributed by atoms with E-state index in [0.717, 1.165) is 10.1 Å². The number of hydrogen-bond donors (Lipinski definition) is 1. The number of alkyl halides is 3. The van der Waals surface area contributed by atoms with Gasteiger partial charge in [0.25, 0.3) is 11.6 Å². The Labute approximate surface area is 141 Å². The fourth-order valence-electron chi connectivity index (χ4n) is 2.53. The van der Waals surface area contributed by atoms with E-state index in [4.69, 9.17) is 4.74 Å². The van der Waals surface area contributed by atoms with Gasteiger partial charge in [-0.05, 0) is 19.9 Å². The maximum absolute atomic E-state index is 12.9. The molecule has 0 saturated carbocycles. The van der Waals surface area contributed by atoms with Crippen LogP contribution in [0.15, 0.2) is 30.3 Å². The number of nitrogens with one attached hydrogen (secondary N) is 1. The second-order valence-corrected chi connectivity index (χ2v) is 5.54. The maximum atomic E-state index is 12.9. The van der Waals surface area contributed by atoms with Crippen LogP contribution in [0.5, 0.6) is 5.75 Å². The zero-order chi connectivity index (χ0) is 18.2. The zero-order valence-corrected chi connectivity index (χ0v) is 13.8. The summed E-state index contributed by atoms with van der Waals surface area (Å²) in [5.41, 5.74) is 1.40. The first-order valence-electron chi connectivity index (χ1n) is 7.50.